The van der Waals surface area contributed by atoms with Crippen LogP contribution in [0.1, 0.15) is 23.0 Å². The standard InChI is InChI=1S/C14H14N2O4S/c1-2-6-20-14(17)13-11(15)8-12(21-13)9-4-3-5-10(7-9)16(18)19/h3-5,7-8H,2,6,15H2,1H3. The van der Waals surface area contributed by atoms with Crippen LogP contribution in [-0.2, 0) is 4.74 Å². The number of non-ortho nitro benzene ring substituents is 1. The smallest absolute Gasteiger partial charge is 0.350 e. The molecular weight excluding hydrogens is 292 g/mol. The summed E-state index contributed by atoms with van der Waals surface area (Å²) in [6, 6.07) is 7.83. The van der Waals surface area contributed by atoms with Crippen LogP contribution in [0.5, 0.6) is 0 Å². The van der Waals surface area contributed by atoms with Crippen molar-refractivity contribution in [3.05, 3.63) is 45.3 Å². The van der Waals surface area contributed by atoms with Gasteiger partial charge in [0.1, 0.15) is 4.88 Å². The van der Waals surface area contributed by atoms with Crippen LogP contribution < -0.4 is 5.73 Å². The molecule has 1 aromatic heterocycles. The third-order valence-corrected chi connectivity index (χ3v) is 3.90. The number of benzene rings is 1. The van der Waals surface area contributed by atoms with Crippen LogP contribution in [0.15, 0.2) is 30.3 Å². The number of thiophene rings is 1. The zero-order valence-corrected chi connectivity index (χ0v) is 12.2. The molecule has 7 heteroatoms. The quantitative estimate of drug-likeness (QED) is 0.518. The molecule has 2 aromatic rings. The monoisotopic (exact) mass is 306 g/mol. The summed E-state index contributed by atoms with van der Waals surface area (Å²) in [7, 11) is 0. The Hall–Kier alpha value is -2.41. The molecule has 0 radical (unpaired) electrons. The summed E-state index contributed by atoms with van der Waals surface area (Å²) in [6.07, 6.45) is 0.731. The Bertz CT molecular complexity index is 681. The van der Waals surface area contributed by atoms with E-state index in [4.69, 9.17) is 10.5 Å². The first-order valence-corrected chi connectivity index (χ1v) is 7.15. The van der Waals surface area contributed by atoms with Crippen LogP contribution in [0, 0.1) is 10.1 Å². The van der Waals surface area contributed by atoms with Crippen molar-refractivity contribution in [2.24, 2.45) is 0 Å². The molecule has 0 aliphatic carbocycles. The topological polar surface area (TPSA) is 95.5 Å². The van der Waals surface area contributed by atoms with Crippen molar-refractivity contribution in [2.75, 3.05) is 12.3 Å². The number of hydrogen-bond donors (Lipinski definition) is 1. The van der Waals surface area contributed by atoms with Crippen molar-refractivity contribution in [2.45, 2.75) is 13.3 Å². The summed E-state index contributed by atoms with van der Waals surface area (Å²) >= 11 is 1.17. The fourth-order valence-electron chi connectivity index (χ4n) is 1.74. The SMILES string of the molecule is CCCOC(=O)c1sc(-c2cccc([N+](=O)[O-])c2)cc1N. The van der Waals surface area contributed by atoms with Crippen LogP contribution in [0.4, 0.5) is 11.4 Å². The van der Waals surface area contributed by atoms with Crippen LogP contribution in [0.2, 0.25) is 0 Å². The maximum Gasteiger partial charge on any atom is 0.350 e. The number of esters is 1. The predicted octanol–water partition coefficient (Wildman–Crippen LogP) is 3.47. The largest absolute Gasteiger partial charge is 0.461 e. The van der Waals surface area contributed by atoms with E-state index in [1.807, 2.05) is 6.92 Å². The fourth-order valence-corrected chi connectivity index (χ4v) is 2.71. The first-order valence-electron chi connectivity index (χ1n) is 6.34. The summed E-state index contributed by atoms with van der Waals surface area (Å²) in [6.45, 7) is 2.24. The summed E-state index contributed by atoms with van der Waals surface area (Å²) < 4.78 is 5.05. The van der Waals surface area contributed by atoms with E-state index in [0.717, 1.165) is 6.42 Å². The Balaban J connectivity index is 2.32. The first-order chi connectivity index (χ1) is 10.0. The number of nitro benzene ring substituents is 1. The van der Waals surface area contributed by atoms with Gasteiger partial charge in [0.25, 0.3) is 5.69 Å². The second kappa shape index (κ2) is 6.36. The maximum absolute atomic E-state index is 11.8. The molecule has 2 rings (SSSR count). The summed E-state index contributed by atoms with van der Waals surface area (Å²) in [4.78, 5) is 23.2. The Morgan fingerprint density at radius 1 is 1.43 bits per heavy atom. The molecule has 0 spiro atoms. The van der Waals surface area contributed by atoms with Gasteiger partial charge in [0.05, 0.1) is 17.2 Å². The summed E-state index contributed by atoms with van der Waals surface area (Å²) in [5.74, 6) is -0.462. The highest BCUT2D eigenvalue weighted by Crippen LogP contribution is 2.34. The molecule has 21 heavy (non-hydrogen) atoms. The lowest BCUT2D eigenvalue weighted by molar-refractivity contribution is -0.384. The molecule has 0 bridgehead atoms. The van der Waals surface area contributed by atoms with Gasteiger partial charge in [0, 0.05) is 17.0 Å². The number of nitrogen functional groups attached to an aromatic ring is 1. The lowest BCUT2D eigenvalue weighted by Crippen LogP contribution is -2.05. The van der Waals surface area contributed by atoms with Gasteiger partial charge in [0.2, 0.25) is 0 Å². The number of nitrogens with two attached hydrogens (primary N) is 1. The van der Waals surface area contributed by atoms with E-state index in [0.29, 0.717) is 27.6 Å². The molecule has 2 N–H and O–H groups in total. The van der Waals surface area contributed by atoms with E-state index in [1.165, 1.54) is 23.5 Å². The van der Waals surface area contributed by atoms with Crippen LogP contribution in [0.25, 0.3) is 10.4 Å². The second-order valence-corrected chi connectivity index (χ2v) is 5.39. The van der Waals surface area contributed by atoms with Crippen LogP contribution >= 0.6 is 11.3 Å². The van der Waals surface area contributed by atoms with Crippen molar-refractivity contribution in [1.29, 1.82) is 0 Å². The predicted molar refractivity (Wildman–Crippen MR) is 81.4 cm³/mol. The van der Waals surface area contributed by atoms with Gasteiger partial charge in [-0.05, 0) is 18.1 Å². The van der Waals surface area contributed by atoms with Gasteiger partial charge in [0.15, 0.2) is 0 Å². The van der Waals surface area contributed by atoms with E-state index in [-0.39, 0.29) is 5.69 Å². The van der Waals surface area contributed by atoms with E-state index >= 15 is 0 Å². The second-order valence-electron chi connectivity index (χ2n) is 4.34. The summed E-state index contributed by atoms with van der Waals surface area (Å²) in [5, 5.41) is 10.8. The minimum absolute atomic E-state index is 0.00502. The van der Waals surface area contributed by atoms with Gasteiger partial charge in [-0.25, -0.2) is 4.79 Å². The van der Waals surface area contributed by atoms with E-state index in [9.17, 15) is 14.9 Å². The van der Waals surface area contributed by atoms with Crippen LogP contribution in [-0.4, -0.2) is 17.5 Å². The van der Waals surface area contributed by atoms with Gasteiger partial charge in [-0.2, -0.15) is 0 Å². The van der Waals surface area contributed by atoms with Crippen molar-refractivity contribution >= 4 is 28.7 Å². The number of carbonyl (C=O) groups excluding carboxylic acids is 1. The van der Waals surface area contributed by atoms with Crippen molar-refractivity contribution in [3.63, 3.8) is 0 Å². The number of carbonyl (C=O) groups is 1. The van der Waals surface area contributed by atoms with Gasteiger partial charge < -0.3 is 10.5 Å². The third kappa shape index (κ3) is 3.38. The zero-order chi connectivity index (χ0) is 15.4. The molecule has 0 aliphatic heterocycles. The summed E-state index contributed by atoms with van der Waals surface area (Å²) in [5.41, 5.74) is 6.79. The average Bonchev–Trinajstić information content (AvgIpc) is 2.87. The highest BCUT2D eigenvalue weighted by Gasteiger charge is 2.17. The van der Waals surface area contributed by atoms with Crippen molar-refractivity contribution in [3.8, 4) is 10.4 Å². The molecule has 110 valence electrons. The Morgan fingerprint density at radius 3 is 2.86 bits per heavy atom. The highest BCUT2D eigenvalue weighted by atomic mass is 32.1. The zero-order valence-electron chi connectivity index (χ0n) is 11.4. The van der Waals surface area contributed by atoms with Crippen LogP contribution in [0.3, 0.4) is 0 Å². The molecule has 0 atom stereocenters. The fraction of sp³-hybridized carbons (Fsp3) is 0.214. The van der Waals surface area contributed by atoms with Crippen molar-refractivity contribution in [1.82, 2.24) is 0 Å². The molecule has 0 fully saturated rings. The third-order valence-electron chi connectivity index (χ3n) is 2.72. The van der Waals surface area contributed by atoms with Gasteiger partial charge in [-0.15, -0.1) is 11.3 Å². The average molecular weight is 306 g/mol. The van der Waals surface area contributed by atoms with E-state index in [2.05, 4.69) is 0 Å². The van der Waals surface area contributed by atoms with Gasteiger partial charge in [-0.1, -0.05) is 19.1 Å². The normalized spacial score (nSPS) is 10.3. The number of nitrogens with zero attached hydrogens (tertiary/aromatic N) is 1. The molecule has 0 saturated heterocycles. The number of hydrogen-bond acceptors (Lipinski definition) is 6. The molecule has 0 saturated carbocycles. The molecule has 1 heterocycles. The number of ether oxygens (including phenoxy) is 1. The molecule has 6 nitrogen and oxygen atoms in total. The Labute approximate surface area is 125 Å². The molecule has 0 amide bonds. The minimum atomic E-state index is -0.462. The molecular formula is C14H14N2O4S. The first kappa shape index (κ1) is 15.0. The van der Waals surface area contributed by atoms with E-state index in [1.54, 1.807) is 18.2 Å². The lowest BCUT2D eigenvalue weighted by atomic mass is 10.1. The Kier molecular flexibility index (Phi) is 4.54. The van der Waals surface area contributed by atoms with Crippen molar-refractivity contribution < 1.29 is 14.5 Å². The lowest BCUT2D eigenvalue weighted by Gasteiger charge is -2.00. The Morgan fingerprint density at radius 2 is 2.19 bits per heavy atom. The number of rotatable bonds is 5. The van der Waals surface area contributed by atoms with Gasteiger partial charge >= 0.3 is 5.97 Å². The number of anilines is 1. The highest BCUT2D eigenvalue weighted by molar-refractivity contribution is 7.18. The van der Waals surface area contributed by atoms with Gasteiger partial charge in [-0.3, -0.25) is 10.1 Å². The molecule has 1 aromatic carbocycles. The molecule has 0 aliphatic rings. The van der Waals surface area contributed by atoms with E-state index < -0.39 is 10.9 Å². The minimum Gasteiger partial charge on any atom is -0.461 e. The number of nitro groups is 1. The molecule has 0 unspecified atom stereocenters. The maximum atomic E-state index is 11.8.